The Labute approximate surface area is 193 Å². The summed E-state index contributed by atoms with van der Waals surface area (Å²) in [5.74, 6) is 1.65. The number of hydrogen-bond acceptors (Lipinski definition) is 8. The van der Waals surface area contributed by atoms with Crippen molar-refractivity contribution in [3.05, 3.63) is 105 Å². The Morgan fingerprint density at radius 3 is 1.21 bits per heavy atom. The zero-order valence-electron chi connectivity index (χ0n) is 17.6. The van der Waals surface area contributed by atoms with E-state index in [0.717, 1.165) is 11.1 Å². The molecule has 0 aromatic heterocycles. The molecule has 0 aliphatic rings. The third kappa shape index (κ3) is 4.86. The summed E-state index contributed by atoms with van der Waals surface area (Å²) >= 11 is 0. The first-order valence-corrected chi connectivity index (χ1v) is 9.94. The number of nitro benzene ring substituents is 2. The monoisotopic (exact) mass is 458 g/mol. The van der Waals surface area contributed by atoms with E-state index in [2.05, 4.69) is 0 Å². The Morgan fingerprint density at radius 1 is 0.559 bits per heavy atom. The van der Waals surface area contributed by atoms with E-state index in [1.165, 1.54) is 48.5 Å². The molecule has 0 unspecified atom stereocenters. The van der Waals surface area contributed by atoms with Gasteiger partial charge in [0.05, 0.1) is 21.2 Å². The van der Waals surface area contributed by atoms with Crippen molar-refractivity contribution in [2.45, 2.75) is 0 Å². The molecule has 0 saturated heterocycles. The molecular formula is C24H18N4O6. The molecule has 4 rings (SSSR count). The number of hydrogen-bond donors (Lipinski definition) is 2. The molecule has 0 radical (unpaired) electrons. The molecule has 0 saturated carbocycles. The molecule has 0 aliphatic carbocycles. The van der Waals surface area contributed by atoms with Crippen molar-refractivity contribution in [1.82, 2.24) is 0 Å². The van der Waals surface area contributed by atoms with E-state index < -0.39 is 9.85 Å². The van der Waals surface area contributed by atoms with Gasteiger partial charge in [0.1, 0.15) is 23.0 Å². The fraction of sp³-hybridized carbons (Fsp3) is 0. The molecule has 0 heterocycles. The molecule has 34 heavy (non-hydrogen) atoms. The van der Waals surface area contributed by atoms with Crippen LogP contribution in [-0.4, -0.2) is 9.85 Å². The minimum Gasteiger partial charge on any atom is -0.455 e. The van der Waals surface area contributed by atoms with Crippen LogP contribution < -0.4 is 20.9 Å². The van der Waals surface area contributed by atoms with Crippen LogP contribution in [0.15, 0.2) is 84.9 Å². The fourth-order valence-corrected chi connectivity index (χ4v) is 3.17. The van der Waals surface area contributed by atoms with E-state index >= 15 is 0 Å². The lowest BCUT2D eigenvalue weighted by Gasteiger charge is -2.12. The van der Waals surface area contributed by atoms with Crippen LogP contribution >= 0.6 is 0 Å². The highest BCUT2D eigenvalue weighted by Crippen LogP contribution is 2.36. The minimum absolute atomic E-state index is 0.0331. The van der Waals surface area contributed by atoms with Gasteiger partial charge in [-0.1, -0.05) is 12.1 Å². The molecule has 0 spiro atoms. The van der Waals surface area contributed by atoms with Gasteiger partial charge in [0, 0.05) is 24.3 Å². The fourth-order valence-electron chi connectivity index (χ4n) is 3.17. The second kappa shape index (κ2) is 9.17. The maximum Gasteiger partial charge on any atom is 0.269 e. The summed E-state index contributed by atoms with van der Waals surface area (Å²) in [5, 5.41) is 21.5. The van der Waals surface area contributed by atoms with Gasteiger partial charge in [-0.05, 0) is 59.7 Å². The van der Waals surface area contributed by atoms with Crippen molar-refractivity contribution >= 4 is 22.7 Å². The third-order valence-electron chi connectivity index (χ3n) is 4.90. The molecule has 4 N–H and O–H groups in total. The largest absolute Gasteiger partial charge is 0.455 e. The molecule has 0 aliphatic heterocycles. The van der Waals surface area contributed by atoms with Crippen LogP contribution in [0.4, 0.5) is 22.7 Å². The molecule has 4 aromatic carbocycles. The van der Waals surface area contributed by atoms with Crippen molar-refractivity contribution in [3.8, 4) is 34.1 Å². The van der Waals surface area contributed by atoms with Gasteiger partial charge in [0.2, 0.25) is 0 Å². The highest BCUT2D eigenvalue weighted by molar-refractivity contribution is 5.75. The Kier molecular flexibility index (Phi) is 5.95. The van der Waals surface area contributed by atoms with Gasteiger partial charge in [-0.15, -0.1) is 0 Å². The van der Waals surface area contributed by atoms with E-state index in [0.29, 0.717) is 34.4 Å². The van der Waals surface area contributed by atoms with Crippen LogP contribution in [0.2, 0.25) is 0 Å². The first-order valence-electron chi connectivity index (χ1n) is 9.94. The molecular weight excluding hydrogens is 440 g/mol. The normalized spacial score (nSPS) is 10.5. The standard InChI is InChI=1S/C24H18N4O6/c25-21-13-15(1-11-23(21)33-19-7-3-17(4-8-19)27(29)30)16-2-12-24(22(26)14-16)34-20-9-5-18(6-10-20)28(31)32/h1-14H,25-26H2. The SMILES string of the molecule is Nc1cc(-c2ccc(Oc3ccc([N+](=O)[O-])cc3)c(N)c2)ccc1Oc1ccc([N+](=O)[O-])cc1. The lowest BCUT2D eigenvalue weighted by atomic mass is 10.0. The maximum atomic E-state index is 10.8. The van der Waals surface area contributed by atoms with Gasteiger partial charge in [-0.3, -0.25) is 20.2 Å². The van der Waals surface area contributed by atoms with Gasteiger partial charge >= 0.3 is 0 Å². The van der Waals surface area contributed by atoms with Crippen molar-refractivity contribution in [1.29, 1.82) is 0 Å². The summed E-state index contributed by atoms with van der Waals surface area (Å²) in [6.07, 6.45) is 0. The first-order chi connectivity index (χ1) is 16.3. The van der Waals surface area contributed by atoms with E-state index in [9.17, 15) is 20.2 Å². The van der Waals surface area contributed by atoms with Gasteiger partial charge in [-0.25, -0.2) is 0 Å². The zero-order chi connectivity index (χ0) is 24.2. The predicted molar refractivity (Wildman–Crippen MR) is 127 cm³/mol. The lowest BCUT2D eigenvalue weighted by Crippen LogP contribution is -1.95. The summed E-state index contributed by atoms with van der Waals surface area (Å²) < 4.78 is 11.5. The summed E-state index contributed by atoms with van der Waals surface area (Å²) in [5.41, 5.74) is 14.6. The number of nitro groups is 2. The van der Waals surface area contributed by atoms with Crippen molar-refractivity contribution in [2.75, 3.05) is 11.5 Å². The van der Waals surface area contributed by atoms with Crippen LogP contribution in [0.3, 0.4) is 0 Å². The maximum absolute atomic E-state index is 10.8. The number of benzene rings is 4. The number of nitrogens with zero attached hydrogens (tertiary/aromatic N) is 2. The van der Waals surface area contributed by atoms with Gasteiger partial charge in [-0.2, -0.15) is 0 Å². The number of nitrogen functional groups attached to an aromatic ring is 2. The quantitative estimate of drug-likeness (QED) is 0.196. The number of anilines is 2. The summed E-state index contributed by atoms with van der Waals surface area (Å²) in [4.78, 5) is 20.6. The van der Waals surface area contributed by atoms with E-state index in [-0.39, 0.29) is 11.4 Å². The van der Waals surface area contributed by atoms with E-state index in [1.54, 1.807) is 24.3 Å². The zero-order valence-corrected chi connectivity index (χ0v) is 17.6. The Morgan fingerprint density at radius 2 is 0.912 bits per heavy atom. The second-order valence-electron chi connectivity index (χ2n) is 7.21. The van der Waals surface area contributed by atoms with Crippen LogP contribution in [0.5, 0.6) is 23.0 Å². The van der Waals surface area contributed by atoms with E-state index in [1.807, 2.05) is 12.1 Å². The smallest absolute Gasteiger partial charge is 0.269 e. The number of rotatable bonds is 7. The molecule has 10 heteroatoms. The molecule has 4 aromatic rings. The first kappa shape index (κ1) is 22.1. The summed E-state index contributed by atoms with van der Waals surface area (Å²) in [7, 11) is 0. The molecule has 0 atom stereocenters. The van der Waals surface area contributed by atoms with Gasteiger partial charge in [0.25, 0.3) is 11.4 Å². The number of nitrogens with two attached hydrogens (primary N) is 2. The van der Waals surface area contributed by atoms with Crippen molar-refractivity contribution < 1.29 is 19.3 Å². The lowest BCUT2D eigenvalue weighted by molar-refractivity contribution is -0.385. The van der Waals surface area contributed by atoms with Crippen molar-refractivity contribution in [2.24, 2.45) is 0 Å². The number of ether oxygens (including phenoxy) is 2. The summed E-state index contributed by atoms with van der Waals surface area (Å²) in [6, 6.07) is 21.9. The van der Waals surface area contributed by atoms with Crippen molar-refractivity contribution in [3.63, 3.8) is 0 Å². The Hall–Kier alpha value is -5.12. The van der Waals surface area contributed by atoms with Gasteiger partial charge < -0.3 is 20.9 Å². The molecule has 0 fully saturated rings. The third-order valence-corrected chi connectivity index (χ3v) is 4.90. The highest BCUT2D eigenvalue weighted by Gasteiger charge is 2.11. The number of non-ortho nitro benzene ring substituents is 2. The topological polar surface area (TPSA) is 157 Å². The average molecular weight is 458 g/mol. The second-order valence-corrected chi connectivity index (χ2v) is 7.21. The average Bonchev–Trinajstić information content (AvgIpc) is 2.82. The van der Waals surface area contributed by atoms with Crippen LogP contribution in [-0.2, 0) is 0 Å². The van der Waals surface area contributed by atoms with Crippen LogP contribution in [0.1, 0.15) is 0 Å². The Balaban J connectivity index is 1.49. The van der Waals surface area contributed by atoms with E-state index in [4.69, 9.17) is 20.9 Å². The van der Waals surface area contributed by atoms with Crippen LogP contribution in [0.25, 0.3) is 11.1 Å². The Bertz CT molecular complexity index is 1260. The van der Waals surface area contributed by atoms with Gasteiger partial charge in [0.15, 0.2) is 0 Å². The molecule has 0 amide bonds. The summed E-state index contributed by atoms with van der Waals surface area (Å²) in [6.45, 7) is 0. The predicted octanol–water partition coefficient (Wildman–Crippen LogP) is 5.92. The molecule has 170 valence electrons. The van der Waals surface area contributed by atoms with Crippen LogP contribution in [0, 0.1) is 20.2 Å². The molecule has 10 nitrogen and oxygen atoms in total. The molecule has 0 bridgehead atoms. The highest BCUT2D eigenvalue weighted by atomic mass is 16.6. The minimum atomic E-state index is -0.485.